The minimum atomic E-state index is -0.556. The Balaban J connectivity index is 2.01. The number of rotatable bonds is 5. The number of esters is 1. The SMILES string of the molecule is CC(C)(OC(=O)Cc1ccc(Cl)c([N+](=O)[O-])c1)C1CC[NH2+]CC1. The van der Waals surface area contributed by atoms with Crippen LogP contribution in [0.2, 0.25) is 5.02 Å². The lowest BCUT2D eigenvalue weighted by atomic mass is 9.83. The summed E-state index contributed by atoms with van der Waals surface area (Å²) < 4.78 is 5.66. The number of hydrogen-bond acceptors (Lipinski definition) is 4. The lowest BCUT2D eigenvalue weighted by molar-refractivity contribution is -0.665. The van der Waals surface area contributed by atoms with E-state index in [0.29, 0.717) is 11.5 Å². The summed E-state index contributed by atoms with van der Waals surface area (Å²) in [6.07, 6.45) is 2.04. The van der Waals surface area contributed by atoms with Gasteiger partial charge in [-0.3, -0.25) is 14.9 Å². The molecule has 0 saturated carbocycles. The molecule has 23 heavy (non-hydrogen) atoms. The second-order valence-electron chi connectivity index (χ2n) is 6.44. The lowest BCUT2D eigenvalue weighted by Crippen LogP contribution is -2.86. The third-order valence-electron chi connectivity index (χ3n) is 4.35. The molecule has 0 bridgehead atoms. The fourth-order valence-corrected chi connectivity index (χ4v) is 3.20. The molecular formula is C16H22ClN2O4+. The Morgan fingerprint density at radius 1 is 1.43 bits per heavy atom. The molecule has 0 aliphatic carbocycles. The monoisotopic (exact) mass is 341 g/mol. The summed E-state index contributed by atoms with van der Waals surface area (Å²) in [5, 5.41) is 13.2. The van der Waals surface area contributed by atoms with Crippen molar-refractivity contribution in [3.63, 3.8) is 0 Å². The largest absolute Gasteiger partial charge is 0.459 e. The number of nitrogens with zero attached hydrogens (tertiary/aromatic N) is 1. The Labute approximate surface area is 140 Å². The molecule has 1 saturated heterocycles. The van der Waals surface area contributed by atoms with Gasteiger partial charge in [-0.25, -0.2) is 0 Å². The standard InChI is InChI=1S/C16H21ClN2O4/c1-16(2,12-5-7-18-8-6-12)23-15(20)10-11-3-4-13(17)14(9-11)19(21)22/h3-4,9,12,18H,5-8,10H2,1-2H3/p+1. The highest BCUT2D eigenvalue weighted by Crippen LogP contribution is 2.29. The van der Waals surface area contributed by atoms with Crippen molar-refractivity contribution in [1.82, 2.24) is 0 Å². The van der Waals surface area contributed by atoms with Crippen molar-refractivity contribution < 1.29 is 19.8 Å². The highest BCUT2D eigenvalue weighted by atomic mass is 35.5. The van der Waals surface area contributed by atoms with Crippen molar-refractivity contribution in [2.24, 2.45) is 5.92 Å². The molecule has 1 heterocycles. The normalized spacial score (nSPS) is 16.1. The molecule has 2 N–H and O–H groups in total. The van der Waals surface area contributed by atoms with Gasteiger partial charge in [-0.05, 0) is 25.5 Å². The number of nitrogens with two attached hydrogens (primary N) is 1. The number of ether oxygens (including phenoxy) is 1. The third kappa shape index (κ3) is 4.65. The zero-order chi connectivity index (χ0) is 17.0. The van der Waals surface area contributed by atoms with Gasteiger partial charge in [0.15, 0.2) is 0 Å². The molecule has 1 aliphatic heterocycles. The van der Waals surface area contributed by atoms with E-state index in [1.54, 1.807) is 6.07 Å². The molecular weight excluding hydrogens is 320 g/mol. The number of carbonyl (C=O) groups is 1. The number of benzene rings is 1. The zero-order valence-corrected chi connectivity index (χ0v) is 14.1. The van der Waals surface area contributed by atoms with Crippen molar-refractivity contribution in [2.75, 3.05) is 13.1 Å². The van der Waals surface area contributed by atoms with Crippen molar-refractivity contribution in [2.45, 2.75) is 38.7 Å². The average molecular weight is 342 g/mol. The van der Waals surface area contributed by atoms with Gasteiger partial charge in [0.25, 0.3) is 5.69 Å². The van der Waals surface area contributed by atoms with Crippen LogP contribution < -0.4 is 5.32 Å². The maximum Gasteiger partial charge on any atom is 0.310 e. The summed E-state index contributed by atoms with van der Waals surface area (Å²) in [5.74, 6) is -0.0304. The Bertz CT molecular complexity index is 598. The molecule has 1 aromatic rings. The fourth-order valence-electron chi connectivity index (χ4n) is 3.01. The van der Waals surface area contributed by atoms with Gasteiger partial charge >= 0.3 is 5.97 Å². The number of nitro benzene ring substituents is 1. The van der Waals surface area contributed by atoms with Crippen LogP contribution in [0.5, 0.6) is 0 Å². The fraction of sp³-hybridized carbons (Fsp3) is 0.562. The second-order valence-corrected chi connectivity index (χ2v) is 6.84. The maximum atomic E-state index is 12.2. The first-order valence-corrected chi connectivity index (χ1v) is 8.13. The summed E-state index contributed by atoms with van der Waals surface area (Å²) in [4.78, 5) is 22.5. The van der Waals surface area contributed by atoms with Gasteiger partial charge in [0.2, 0.25) is 0 Å². The van der Waals surface area contributed by atoms with Crippen LogP contribution in [0.1, 0.15) is 32.3 Å². The Hall–Kier alpha value is -1.66. The molecule has 0 aromatic heterocycles. The third-order valence-corrected chi connectivity index (χ3v) is 4.67. The minimum Gasteiger partial charge on any atom is -0.459 e. The molecule has 0 atom stereocenters. The molecule has 0 amide bonds. The van der Waals surface area contributed by atoms with E-state index >= 15 is 0 Å². The van der Waals surface area contributed by atoms with E-state index in [-0.39, 0.29) is 23.1 Å². The molecule has 1 aliphatic rings. The lowest BCUT2D eigenvalue weighted by Gasteiger charge is -2.35. The van der Waals surface area contributed by atoms with Crippen molar-refractivity contribution in [3.05, 3.63) is 38.9 Å². The van der Waals surface area contributed by atoms with E-state index in [2.05, 4.69) is 5.32 Å². The molecule has 0 radical (unpaired) electrons. The van der Waals surface area contributed by atoms with E-state index in [0.717, 1.165) is 25.9 Å². The van der Waals surface area contributed by atoms with E-state index in [9.17, 15) is 14.9 Å². The van der Waals surface area contributed by atoms with Gasteiger partial charge in [0.05, 0.1) is 24.4 Å². The van der Waals surface area contributed by atoms with Crippen molar-refractivity contribution in [1.29, 1.82) is 0 Å². The van der Waals surface area contributed by atoms with E-state index < -0.39 is 10.5 Å². The van der Waals surface area contributed by atoms with Gasteiger partial charge < -0.3 is 10.1 Å². The highest BCUT2D eigenvalue weighted by molar-refractivity contribution is 6.32. The Morgan fingerprint density at radius 3 is 2.70 bits per heavy atom. The predicted molar refractivity (Wildman–Crippen MR) is 86.4 cm³/mol. The number of piperidine rings is 1. The van der Waals surface area contributed by atoms with Crippen LogP contribution in [0.3, 0.4) is 0 Å². The summed E-state index contributed by atoms with van der Waals surface area (Å²) in [7, 11) is 0. The molecule has 126 valence electrons. The zero-order valence-electron chi connectivity index (χ0n) is 13.4. The number of hydrogen-bond donors (Lipinski definition) is 1. The van der Waals surface area contributed by atoms with Crippen molar-refractivity contribution in [3.8, 4) is 0 Å². The quantitative estimate of drug-likeness (QED) is 0.504. The molecule has 1 aromatic carbocycles. The van der Waals surface area contributed by atoms with Crippen LogP contribution in [0.4, 0.5) is 5.69 Å². The smallest absolute Gasteiger partial charge is 0.310 e. The number of carbonyl (C=O) groups excluding carboxylic acids is 1. The van der Waals surface area contributed by atoms with Gasteiger partial charge in [0.1, 0.15) is 10.6 Å². The van der Waals surface area contributed by atoms with Gasteiger partial charge in [-0.1, -0.05) is 17.7 Å². The summed E-state index contributed by atoms with van der Waals surface area (Å²) in [6, 6.07) is 4.37. The maximum absolute atomic E-state index is 12.2. The predicted octanol–water partition coefficient (Wildman–Crippen LogP) is 2.09. The molecule has 0 spiro atoms. The first kappa shape index (κ1) is 17.7. The van der Waals surface area contributed by atoms with E-state index in [4.69, 9.17) is 16.3 Å². The second kappa shape index (κ2) is 7.27. The van der Waals surface area contributed by atoms with Crippen LogP contribution in [-0.4, -0.2) is 29.6 Å². The van der Waals surface area contributed by atoms with E-state index in [1.807, 2.05) is 13.8 Å². The van der Waals surface area contributed by atoms with Crippen LogP contribution in [0.15, 0.2) is 18.2 Å². The summed E-state index contributed by atoms with van der Waals surface area (Å²) in [6.45, 7) is 5.97. The minimum absolute atomic E-state index is 0.000282. The van der Waals surface area contributed by atoms with Gasteiger partial charge in [-0.2, -0.15) is 0 Å². The molecule has 2 rings (SSSR count). The number of halogens is 1. The van der Waals surface area contributed by atoms with Crippen molar-refractivity contribution >= 4 is 23.3 Å². The van der Waals surface area contributed by atoms with Crippen LogP contribution in [0, 0.1) is 16.0 Å². The Morgan fingerprint density at radius 2 is 2.09 bits per heavy atom. The van der Waals surface area contributed by atoms with Crippen LogP contribution >= 0.6 is 11.6 Å². The highest BCUT2D eigenvalue weighted by Gasteiger charge is 2.35. The number of nitro groups is 1. The first-order chi connectivity index (χ1) is 10.8. The topological polar surface area (TPSA) is 86.0 Å². The van der Waals surface area contributed by atoms with Gasteiger partial charge in [-0.15, -0.1) is 0 Å². The summed E-state index contributed by atoms with van der Waals surface area (Å²) in [5.41, 5.74) is -0.193. The Kier molecular flexibility index (Phi) is 5.59. The molecule has 6 nitrogen and oxygen atoms in total. The first-order valence-electron chi connectivity index (χ1n) is 7.76. The molecule has 7 heteroatoms. The molecule has 0 unspecified atom stereocenters. The van der Waals surface area contributed by atoms with Crippen LogP contribution in [0.25, 0.3) is 0 Å². The van der Waals surface area contributed by atoms with Crippen LogP contribution in [-0.2, 0) is 16.0 Å². The van der Waals surface area contributed by atoms with E-state index in [1.165, 1.54) is 12.1 Å². The number of quaternary nitrogens is 1. The molecule has 1 fully saturated rings. The summed E-state index contributed by atoms with van der Waals surface area (Å²) >= 11 is 5.77. The van der Waals surface area contributed by atoms with Gasteiger partial charge in [0, 0.05) is 24.8 Å². The average Bonchev–Trinajstić information content (AvgIpc) is 2.49.